The maximum absolute atomic E-state index is 11.8. The molecular weight excluding hydrogens is 380 g/mol. The van der Waals surface area contributed by atoms with Crippen LogP contribution in [0.25, 0.3) is 0 Å². The highest BCUT2D eigenvalue weighted by Crippen LogP contribution is 2.19. The predicted molar refractivity (Wildman–Crippen MR) is 121 cm³/mol. The van der Waals surface area contributed by atoms with E-state index in [1.165, 1.54) is 5.56 Å². The monoisotopic (exact) mass is 404 g/mol. The van der Waals surface area contributed by atoms with Gasteiger partial charge in [0.1, 0.15) is 0 Å². The molecule has 3 aromatic rings. The Kier molecular flexibility index (Phi) is 7.36. The second-order valence-electron chi connectivity index (χ2n) is 6.55. The van der Waals surface area contributed by atoms with E-state index in [1.54, 1.807) is 19.1 Å². The number of hydrogen-bond donors (Lipinski definition) is 2. The molecule has 2 N–H and O–H groups in total. The average Bonchev–Trinajstić information content (AvgIpc) is 2.75. The fourth-order valence-electron chi connectivity index (χ4n) is 3.02. The van der Waals surface area contributed by atoms with E-state index in [-0.39, 0.29) is 12.0 Å². The quantitative estimate of drug-likeness (QED) is 0.422. The van der Waals surface area contributed by atoms with Crippen LogP contribution in [0.4, 0.5) is 5.69 Å². The first-order valence-electron chi connectivity index (χ1n) is 9.59. The second-order valence-corrected chi connectivity index (χ2v) is 6.96. The lowest BCUT2D eigenvalue weighted by molar-refractivity contribution is 0.0526. The molecule has 0 aliphatic carbocycles. The average molecular weight is 405 g/mol. The van der Waals surface area contributed by atoms with Crippen molar-refractivity contribution in [2.45, 2.75) is 19.4 Å². The van der Waals surface area contributed by atoms with E-state index in [4.69, 9.17) is 17.0 Å². The number of nitrogens with one attached hydrogen (secondary N) is 2. The Morgan fingerprint density at radius 2 is 1.55 bits per heavy atom. The Morgan fingerprint density at radius 1 is 0.931 bits per heavy atom. The molecule has 148 valence electrons. The number of carbonyl (C=O) groups is 1. The molecule has 0 aliphatic heterocycles. The van der Waals surface area contributed by atoms with Crippen LogP contribution in [0, 0.1) is 0 Å². The maximum Gasteiger partial charge on any atom is 0.338 e. The van der Waals surface area contributed by atoms with Crippen molar-refractivity contribution < 1.29 is 9.53 Å². The van der Waals surface area contributed by atoms with Crippen molar-refractivity contribution in [3.63, 3.8) is 0 Å². The number of esters is 1. The minimum absolute atomic E-state index is 0.0393. The van der Waals surface area contributed by atoms with Gasteiger partial charge in [-0.15, -0.1) is 0 Å². The first-order chi connectivity index (χ1) is 14.2. The molecule has 0 saturated heterocycles. The van der Waals surface area contributed by atoms with Gasteiger partial charge in [0.2, 0.25) is 0 Å². The minimum atomic E-state index is -0.327. The summed E-state index contributed by atoms with van der Waals surface area (Å²) in [6, 6.07) is 27.7. The van der Waals surface area contributed by atoms with Crippen LogP contribution in [-0.2, 0) is 11.2 Å². The molecule has 0 aromatic heterocycles. The van der Waals surface area contributed by atoms with Gasteiger partial charge < -0.3 is 15.4 Å². The van der Waals surface area contributed by atoms with E-state index in [2.05, 4.69) is 34.9 Å². The zero-order valence-corrected chi connectivity index (χ0v) is 17.1. The second kappa shape index (κ2) is 10.4. The summed E-state index contributed by atoms with van der Waals surface area (Å²) in [6.07, 6.45) is 0.814. The number of carbonyl (C=O) groups excluding carboxylic acids is 1. The lowest BCUT2D eigenvalue weighted by Crippen LogP contribution is -2.33. The molecule has 0 fully saturated rings. The van der Waals surface area contributed by atoms with Crippen LogP contribution in [0.5, 0.6) is 0 Å². The van der Waals surface area contributed by atoms with Crippen molar-refractivity contribution in [3.05, 3.63) is 102 Å². The Balaban J connectivity index is 1.67. The molecule has 5 heteroatoms. The third-order valence-corrected chi connectivity index (χ3v) is 4.66. The van der Waals surface area contributed by atoms with E-state index in [0.717, 1.165) is 17.7 Å². The molecular formula is C24H24N2O2S. The highest BCUT2D eigenvalue weighted by atomic mass is 32.1. The Morgan fingerprint density at radius 3 is 2.17 bits per heavy atom. The van der Waals surface area contributed by atoms with Crippen molar-refractivity contribution >= 4 is 29.0 Å². The van der Waals surface area contributed by atoms with Crippen molar-refractivity contribution in [1.82, 2.24) is 5.32 Å². The predicted octanol–water partition coefficient (Wildman–Crippen LogP) is 5.13. The van der Waals surface area contributed by atoms with Crippen LogP contribution in [0.15, 0.2) is 84.9 Å². The van der Waals surface area contributed by atoms with Crippen LogP contribution >= 0.6 is 12.2 Å². The molecule has 29 heavy (non-hydrogen) atoms. The van der Waals surface area contributed by atoms with Gasteiger partial charge in [-0.05, 0) is 61.0 Å². The topological polar surface area (TPSA) is 50.4 Å². The number of benzene rings is 3. The van der Waals surface area contributed by atoms with Crippen LogP contribution in [0.1, 0.15) is 34.5 Å². The third kappa shape index (κ3) is 6.16. The van der Waals surface area contributed by atoms with Gasteiger partial charge >= 0.3 is 5.97 Å². The van der Waals surface area contributed by atoms with Gasteiger partial charge in [-0.1, -0.05) is 60.7 Å². The fraction of sp³-hybridized carbons (Fsp3) is 0.167. The van der Waals surface area contributed by atoms with Gasteiger partial charge in [0.25, 0.3) is 0 Å². The van der Waals surface area contributed by atoms with Crippen molar-refractivity contribution in [3.8, 4) is 0 Å². The van der Waals surface area contributed by atoms with Gasteiger partial charge in [-0.25, -0.2) is 4.79 Å². The van der Waals surface area contributed by atoms with Crippen LogP contribution in [0.3, 0.4) is 0 Å². The molecule has 1 atom stereocenters. The summed E-state index contributed by atoms with van der Waals surface area (Å²) >= 11 is 5.54. The zero-order valence-electron chi connectivity index (χ0n) is 16.3. The lowest BCUT2D eigenvalue weighted by Gasteiger charge is -2.22. The van der Waals surface area contributed by atoms with Gasteiger partial charge in [0, 0.05) is 5.69 Å². The van der Waals surface area contributed by atoms with Gasteiger partial charge in [0.05, 0.1) is 18.2 Å². The molecule has 0 spiro atoms. The molecule has 0 radical (unpaired) electrons. The van der Waals surface area contributed by atoms with E-state index in [1.807, 2.05) is 48.5 Å². The van der Waals surface area contributed by atoms with Crippen molar-refractivity contribution in [1.29, 1.82) is 0 Å². The van der Waals surface area contributed by atoms with Crippen molar-refractivity contribution in [2.24, 2.45) is 0 Å². The summed E-state index contributed by atoms with van der Waals surface area (Å²) in [5.74, 6) is -0.327. The number of thiocarbonyl (C=S) groups is 1. The Bertz CT molecular complexity index is 928. The summed E-state index contributed by atoms with van der Waals surface area (Å²) in [4.78, 5) is 11.8. The third-order valence-electron chi connectivity index (χ3n) is 4.44. The molecule has 0 amide bonds. The van der Waals surface area contributed by atoms with Gasteiger partial charge in [0.15, 0.2) is 5.11 Å². The lowest BCUT2D eigenvalue weighted by atomic mass is 9.99. The van der Waals surface area contributed by atoms with E-state index in [0.29, 0.717) is 17.3 Å². The molecule has 0 unspecified atom stereocenters. The number of hydrogen-bond acceptors (Lipinski definition) is 3. The number of ether oxygens (including phenoxy) is 1. The Labute approximate surface area is 176 Å². The first-order valence-corrected chi connectivity index (χ1v) is 10.00. The van der Waals surface area contributed by atoms with Crippen LogP contribution in [-0.4, -0.2) is 17.7 Å². The Hall–Kier alpha value is -3.18. The summed E-state index contributed by atoms with van der Waals surface area (Å²) in [6.45, 7) is 2.14. The van der Waals surface area contributed by atoms with Gasteiger partial charge in [-0.3, -0.25) is 0 Å². The SMILES string of the molecule is CCOC(=O)c1ccc(NC(=S)N[C@H](Cc2ccccc2)c2ccccc2)cc1. The maximum atomic E-state index is 11.8. The normalized spacial score (nSPS) is 11.3. The van der Waals surface area contributed by atoms with Gasteiger partial charge in [-0.2, -0.15) is 0 Å². The summed E-state index contributed by atoms with van der Waals surface area (Å²) in [5.41, 5.74) is 3.72. The van der Waals surface area contributed by atoms with E-state index < -0.39 is 0 Å². The highest BCUT2D eigenvalue weighted by molar-refractivity contribution is 7.80. The molecule has 0 aliphatic rings. The standard InChI is InChI=1S/C24H24N2O2S/c1-2-28-23(27)20-13-15-21(16-14-20)25-24(29)26-22(19-11-7-4-8-12-19)17-18-9-5-3-6-10-18/h3-16,22H,2,17H2,1H3,(H2,25,26,29)/t22-/m1/s1. The number of rotatable bonds is 7. The highest BCUT2D eigenvalue weighted by Gasteiger charge is 2.14. The van der Waals surface area contributed by atoms with Crippen LogP contribution in [0.2, 0.25) is 0 Å². The molecule has 0 bridgehead atoms. The smallest absolute Gasteiger partial charge is 0.338 e. The van der Waals surface area contributed by atoms with Crippen molar-refractivity contribution in [2.75, 3.05) is 11.9 Å². The summed E-state index contributed by atoms with van der Waals surface area (Å²) in [5, 5.41) is 7.14. The molecule has 3 aromatic carbocycles. The zero-order chi connectivity index (χ0) is 20.5. The van der Waals surface area contributed by atoms with Crippen LogP contribution < -0.4 is 10.6 Å². The van der Waals surface area contributed by atoms with E-state index >= 15 is 0 Å². The molecule has 0 heterocycles. The summed E-state index contributed by atoms with van der Waals surface area (Å²) in [7, 11) is 0. The largest absolute Gasteiger partial charge is 0.462 e. The molecule has 3 rings (SSSR count). The number of anilines is 1. The fourth-order valence-corrected chi connectivity index (χ4v) is 3.28. The van der Waals surface area contributed by atoms with E-state index in [9.17, 15) is 4.79 Å². The summed E-state index contributed by atoms with van der Waals surface area (Å²) < 4.78 is 5.01. The molecule has 4 nitrogen and oxygen atoms in total. The first kappa shape index (κ1) is 20.6. The minimum Gasteiger partial charge on any atom is -0.462 e. The molecule has 0 saturated carbocycles.